The molecule has 21 heavy (non-hydrogen) atoms. The lowest BCUT2D eigenvalue weighted by Gasteiger charge is -2.32. The Bertz CT molecular complexity index is 533. The molecule has 5 unspecified atom stereocenters. The van der Waals surface area contributed by atoms with Crippen molar-refractivity contribution in [1.29, 1.82) is 0 Å². The Balaban J connectivity index is 1.81. The molecule has 2 aliphatic carbocycles. The average Bonchev–Trinajstić information content (AvgIpc) is 3.06. The van der Waals surface area contributed by atoms with Gasteiger partial charge in [0.15, 0.2) is 0 Å². The van der Waals surface area contributed by atoms with E-state index in [4.69, 9.17) is 0 Å². The van der Waals surface area contributed by atoms with Gasteiger partial charge in [0.2, 0.25) is 0 Å². The largest absolute Gasteiger partial charge is 0.481 e. The number of nitrogens with one attached hydrogen (secondary N) is 1. The number of hydrogen-bond donors (Lipinski definition) is 2. The summed E-state index contributed by atoms with van der Waals surface area (Å²) in [5, 5.41) is 13.0. The number of carboxylic acids is 1. The van der Waals surface area contributed by atoms with E-state index >= 15 is 0 Å². The van der Waals surface area contributed by atoms with Crippen LogP contribution in [0.15, 0.2) is 24.3 Å². The van der Waals surface area contributed by atoms with Gasteiger partial charge in [-0.05, 0) is 43.6 Å². The highest BCUT2D eigenvalue weighted by molar-refractivity contribution is 5.72. The third kappa shape index (κ3) is 2.57. The van der Waals surface area contributed by atoms with Crippen LogP contribution >= 0.6 is 0 Å². The first-order chi connectivity index (χ1) is 10.1. The topological polar surface area (TPSA) is 49.3 Å². The van der Waals surface area contributed by atoms with Crippen molar-refractivity contribution in [3.05, 3.63) is 35.6 Å². The first kappa shape index (κ1) is 14.5. The van der Waals surface area contributed by atoms with Crippen molar-refractivity contribution < 1.29 is 14.3 Å². The average molecular weight is 291 g/mol. The van der Waals surface area contributed by atoms with Gasteiger partial charge in [-0.3, -0.25) is 4.79 Å². The maximum Gasteiger partial charge on any atom is 0.308 e. The van der Waals surface area contributed by atoms with Crippen molar-refractivity contribution in [2.24, 2.45) is 17.8 Å². The number of hydrogen-bond acceptors (Lipinski definition) is 2. The van der Waals surface area contributed by atoms with Gasteiger partial charge in [-0.25, -0.2) is 4.39 Å². The summed E-state index contributed by atoms with van der Waals surface area (Å²) < 4.78 is 14.0. The molecule has 0 amide bonds. The maximum absolute atomic E-state index is 14.0. The summed E-state index contributed by atoms with van der Waals surface area (Å²) in [7, 11) is 0. The van der Waals surface area contributed by atoms with Gasteiger partial charge in [0, 0.05) is 17.6 Å². The first-order valence-electron chi connectivity index (χ1n) is 7.85. The second kappa shape index (κ2) is 5.76. The van der Waals surface area contributed by atoms with Crippen LogP contribution in [-0.2, 0) is 4.79 Å². The standard InChI is InChI=1S/C17H22FNO2/c1-2-14(12-5-3-4-6-13(12)18)19-16-11-8-7-10(9-11)15(16)17(20)21/h3-6,10-11,14-16,19H,2,7-9H2,1H3,(H,20,21). The minimum absolute atomic E-state index is 0.0224. The van der Waals surface area contributed by atoms with Crippen molar-refractivity contribution in [3.8, 4) is 0 Å². The molecule has 2 aliphatic rings. The Morgan fingerprint density at radius 1 is 1.38 bits per heavy atom. The molecule has 0 saturated heterocycles. The summed E-state index contributed by atoms with van der Waals surface area (Å²) in [5.74, 6) is -0.514. The van der Waals surface area contributed by atoms with Crippen LogP contribution in [0.3, 0.4) is 0 Å². The quantitative estimate of drug-likeness (QED) is 0.874. The van der Waals surface area contributed by atoms with Crippen molar-refractivity contribution in [3.63, 3.8) is 0 Å². The van der Waals surface area contributed by atoms with Crippen LogP contribution in [0.25, 0.3) is 0 Å². The molecule has 0 aromatic heterocycles. The highest BCUT2D eigenvalue weighted by Crippen LogP contribution is 2.49. The van der Waals surface area contributed by atoms with Gasteiger partial charge in [-0.15, -0.1) is 0 Å². The summed E-state index contributed by atoms with van der Waals surface area (Å²) in [5.41, 5.74) is 0.645. The van der Waals surface area contributed by atoms with Gasteiger partial charge >= 0.3 is 5.97 Å². The molecule has 2 bridgehead atoms. The van der Waals surface area contributed by atoms with Crippen molar-refractivity contribution >= 4 is 5.97 Å². The second-order valence-electron chi connectivity index (χ2n) is 6.37. The lowest BCUT2D eigenvalue weighted by Crippen LogP contribution is -2.45. The highest BCUT2D eigenvalue weighted by Gasteiger charge is 2.51. The molecule has 3 nitrogen and oxygen atoms in total. The normalized spacial score (nSPS) is 32.3. The lowest BCUT2D eigenvalue weighted by atomic mass is 9.83. The van der Waals surface area contributed by atoms with E-state index in [9.17, 15) is 14.3 Å². The SMILES string of the molecule is CCC(NC1C2CCC(C2)C1C(=O)O)c1ccccc1F. The van der Waals surface area contributed by atoms with Gasteiger partial charge < -0.3 is 10.4 Å². The van der Waals surface area contributed by atoms with Crippen LogP contribution in [0, 0.1) is 23.6 Å². The molecule has 2 N–H and O–H groups in total. The zero-order valence-corrected chi connectivity index (χ0v) is 12.3. The van der Waals surface area contributed by atoms with E-state index in [1.165, 1.54) is 6.07 Å². The number of rotatable bonds is 5. The van der Waals surface area contributed by atoms with Crippen LogP contribution in [0.1, 0.15) is 44.2 Å². The predicted octanol–water partition coefficient (Wildman–Crippen LogP) is 3.37. The highest BCUT2D eigenvalue weighted by atomic mass is 19.1. The molecule has 1 aromatic carbocycles. The van der Waals surface area contributed by atoms with E-state index in [1.807, 2.05) is 13.0 Å². The predicted molar refractivity (Wildman–Crippen MR) is 78.3 cm³/mol. The Kier molecular flexibility index (Phi) is 3.98. The molecular formula is C17H22FNO2. The maximum atomic E-state index is 14.0. The van der Waals surface area contributed by atoms with Crippen LogP contribution in [0.5, 0.6) is 0 Å². The van der Waals surface area contributed by atoms with E-state index in [2.05, 4.69) is 5.32 Å². The Labute approximate surface area is 124 Å². The van der Waals surface area contributed by atoms with E-state index in [1.54, 1.807) is 12.1 Å². The number of carboxylic acid groups (broad SMARTS) is 1. The summed E-state index contributed by atoms with van der Waals surface area (Å²) in [4.78, 5) is 11.6. The third-order valence-corrected chi connectivity index (χ3v) is 5.28. The van der Waals surface area contributed by atoms with E-state index in [-0.39, 0.29) is 23.8 Å². The van der Waals surface area contributed by atoms with Crippen molar-refractivity contribution in [1.82, 2.24) is 5.32 Å². The molecule has 0 aliphatic heterocycles. The van der Waals surface area contributed by atoms with Gasteiger partial charge in [0.1, 0.15) is 5.82 Å². The van der Waals surface area contributed by atoms with Crippen LogP contribution in [0.2, 0.25) is 0 Å². The fourth-order valence-corrected chi connectivity index (χ4v) is 4.30. The fourth-order valence-electron chi connectivity index (χ4n) is 4.30. The van der Waals surface area contributed by atoms with Gasteiger partial charge in [0.05, 0.1) is 5.92 Å². The smallest absolute Gasteiger partial charge is 0.308 e. The van der Waals surface area contributed by atoms with E-state index < -0.39 is 5.97 Å². The number of fused-ring (bicyclic) bond motifs is 2. The molecule has 0 radical (unpaired) electrons. The molecule has 2 saturated carbocycles. The molecule has 0 heterocycles. The summed E-state index contributed by atoms with van der Waals surface area (Å²) >= 11 is 0. The second-order valence-corrected chi connectivity index (χ2v) is 6.37. The minimum atomic E-state index is -0.705. The van der Waals surface area contributed by atoms with E-state index in [0.717, 1.165) is 25.7 Å². The summed E-state index contributed by atoms with van der Waals surface area (Å²) in [6.45, 7) is 2.01. The van der Waals surface area contributed by atoms with Crippen molar-refractivity contribution in [2.45, 2.75) is 44.7 Å². The molecule has 1 aromatic rings. The fraction of sp³-hybridized carbons (Fsp3) is 0.588. The molecule has 5 atom stereocenters. The molecule has 2 fully saturated rings. The van der Waals surface area contributed by atoms with Gasteiger partial charge in [0.25, 0.3) is 0 Å². The minimum Gasteiger partial charge on any atom is -0.481 e. The van der Waals surface area contributed by atoms with Crippen LogP contribution < -0.4 is 5.32 Å². The first-order valence-corrected chi connectivity index (χ1v) is 7.85. The molecule has 114 valence electrons. The Hall–Kier alpha value is -1.42. The summed E-state index contributed by atoms with van der Waals surface area (Å²) in [6.07, 6.45) is 3.87. The van der Waals surface area contributed by atoms with Crippen LogP contribution in [-0.4, -0.2) is 17.1 Å². The molecule has 3 rings (SSSR count). The number of carbonyl (C=O) groups is 1. The Morgan fingerprint density at radius 3 is 2.76 bits per heavy atom. The third-order valence-electron chi connectivity index (χ3n) is 5.28. The van der Waals surface area contributed by atoms with Gasteiger partial charge in [-0.2, -0.15) is 0 Å². The molecule has 4 heteroatoms. The van der Waals surface area contributed by atoms with Crippen molar-refractivity contribution in [2.75, 3.05) is 0 Å². The molecule has 0 spiro atoms. The van der Waals surface area contributed by atoms with E-state index in [0.29, 0.717) is 17.4 Å². The number of aliphatic carboxylic acids is 1. The summed E-state index contributed by atoms with van der Waals surface area (Å²) in [6, 6.07) is 6.64. The zero-order chi connectivity index (χ0) is 15.0. The molecular weight excluding hydrogens is 269 g/mol. The monoisotopic (exact) mass is 291 g/mol. The Morgan fingerprint density at radius 2 is 2.10 bits per heavy atom. The zero-order valence-electron chi connectivity index (χ0n) is 12.3. The lowest BCUT2D eigenvalue weighted by molar-refractivity contribution is -0.144. The van der Waals surface area contributed by atoms with Gasteiger partial charge in [-0.1, -0.05) is 25.1 Å². The number of halogens is 1. The number of benzene rings is 1. The van der Waals surface area contributed by atoms with Crippen LogP contribution in [0.4, 0.5) is 4.39 Å².